The van der Waals surface area contributed by atoms with Crippen molar-refractivity contribution in [3.05, 3.63) is 76.2 Å². The van der Waals surface area contributed by atoms with Gasteiger partial charge < -0.3 is 10.1 Å². The summed E-state index contributed by atoms with van der Waals surface area (Å²) in [4.78, 5) is 30.6. The highest BCUT2D eigenvalue weighted by atomic mass is 32.1. The first-order valence-electron chi connectivity index (χ1n) is 12.5. The fourth-order valence-electron chi connectivity index (χ4n) is 4.13. The zero-order chi connectivity index (χ0) is 27.4. The molecule has 0 aliphatic heterocycles. The van der Waals surface area contributed by atoms with E-state index in [0.717, 1.165) is 22.5 Å². The van der Waals surface area contributed by atoms with E-state index in [1.54, 1.807) is 47.7 Å². The lowest BCUT2D eigenvalue weighted by molar-refractivity contribution is 0.0817. The first kappa shape index (κ1) is 27.6. The molecule has 0 fully saturated rings. The second-order valence-electron chi connectivity index (χ2n) is 10.3. The minimum atomic E-state index is -1.16. The molecule has 9 nitrogen and oxygen atoms in total. The van der Waals surface area contributed by atoms with Gasteiger partial charge in [-0.3, -0.25) is 14.3 Å². The molecule has 0 bridgehead atoms. The van der Waals surface area contributed by atoms with Crippen LogP contribution in [0, 0.1) is 0 Å². The number of carbonyl (C=O) groups is 1. The zero-order valence-electron chi connectivity index (χ0n) is 22.4. The van der Waals surface area contributed by atoms with E-state index in [1.165, 1.54) is 0 Å². The maximum Gasteiger partial charge on any atom is 0.292 e. The number of benzene rings is 2. The number of thiol groups is 1. The average Bonchev–Trinajstić information content (AvgIpc) is 3.40. The predicted octanol–water partition coefficient (Wildman–Crippen LogP) is 4.78. The highest BCUT2D eigenvalue weighted by Gasteiger charge is 2.20. The Labute approximate surface area is 228 Å². The van der Waals surface area contributed by atoms with Gasteiger partial charge in [0.2, 0.25) is 5.78 Å². The molecule has 38 heavy (non-hydrogen) atoms. The van der Waals surface area contributed by atoms with Crippen molar-refractivity contribution in [2.24, 2.45) is 12.0 Å². The van der Waals surface area contributed by atoms with Gasteiger partial charge in [-0.25, -0.2) is 14.4 Å². The molecular formula is C27H34N6O3SSi. The van der Waals surface area contributed by atoms with Crippen molar-refractivity contribution in [1.82, 2.24) is 19.1 Å². The van der Waals surface area contributed by atoms with Gasteiger partial charge in [-0.1, -0.05) is 62.1 Å². The van der Waals surface area contributed by atoms with Crippen LogP contribution in [0.4, 0.5) is 11.5 Å². The van der Waals surface area contributed by atoms with E-state index in [-0.39, 0.29) is 16.4 Å². The van der Waals surface area contributed by atoms with Gasteiger partial charge in [0.05, 0.1) is 18.3 Å². The van der Waals surface area contributed by atoms with E-state index in [2.05, 4.69) is 47.7 Å². The highest BCUT2D eigenvalue weighted by molar-refractivity contribution is 7.99. The summed E-state index contributed by atoms with van der Waals surface area (Å²) < 4.78 is 11.0. The van der Waals surface area contributed by atoms with Crippen molar-refractivity contribution in [3.8, 4) is 0 Å². The molecule has 11 heteroatoms. The van der Waals surface area contributed by atoms with Gasteiger partial charge in [0.1, 0.15) is 17.5 Å². The lowest BCUT2D eigenvalue weighted by atomic mass is 10.1. The van der Waals surface area contributed by atoms with Crippen LogP contribution in [0.3, 0.4) is 0 Å². The van der Waals surface area contributed by atoms with E-state index in [9.17, 15) is 9.59 Å². The van der Waals surface area contributed by atoms with Gasteiger partial charge in [0.25, 0.3) is 5.56 Å². The van der Waals surface area contributed by atoms with Crippen molar-refractivity contribution in [3.63, 3.8) is 0 Å². The number of Topliss-reactive ketones (excluding diaryl/α,β-unsaturated/α-hetero) is 1. The number of ether oxygens (including phenoxy) is 1. The number of hydrogen-bond donors (Lipinski definition) is 2. The maximum absolute atomic E-state index is 13.3. The molecule has 0 spiro atoms. The monoisotopic (exact) mass is 550 g/mol. The molecule has 200 valence electrons. The second kappa shape index (κ2) is 11.5. The van der Waals surface area contributed by atoms with E-state index in [0.29, 0.717) is 37.0 Å². The zero-order valence-corrected chi connectivity index (χ0v) is 24.3. The van der Waals surface area contributed by atoms with E-state index in [4.69, 9.17) is 4.74 Å². The minimum absolute atomic E-state index is 0.00189. The Morgan fingerprint density at radius 1 is 1.13 bits per heavy atom. The molecule has 2 heterocycles. The fraction of sp³-hybridized carbons (Fsp3) is 0.333. The Hall–Kier alpha value is -3.41. The topological polar surface area (TPSA) is 95.4 Å². The largest absolute Gasteiger partial charge is 0.381 e. The molecule has 0 amide bonds. The van der Waals surface area contributed by atoms with Crippen molar-refractivity contribution in [2.45, 2.75) is 39.0 Å². The molecule has 0 unspecified atom stereocenters. The quantitative estimate of drug-likeness (QED) is 0.0700. The van der Waals surface area contributed by atoms with Gasteiger partial charge in [-0.2, -0.15) is 5.10 Å². The van der Waals surface area contributed by atoms with Crippen molar-refractivity contribution < 1.29 is 9.53 Å². The molecular weight excluding hydrogens is 516 g/mol. The third-order valence-electron chi connectivity index (χ3n) is 6.35. The smallest absolute Gasteiger partial charge is 0.292 e. The summed E-state index contributed by atoms with van der Waals surface area (Å²) in [5.41, 5.74) is 2.39. The summed E-state index contributed by atoms with van der Waals surface area (Å²) in [6.07, 6.45) is 1.81. The number of ketones is 1. The van der Waals surface area contributed by atoms with E-state index in [1.807, 2.05) is 35.1 Å². The Bertz CT molecular complexity index is 1530. The molecule has 0 saturated carbocycles. The van der Waals surface area contributed by atoms with Crippen LogP contribution in [0.5, 0.6) is 0 Å². The van der Waals surface area contributed by atoms with Gasteiger partial charge in [0, 0.05) is 39.7 Å². The molecule has 0 saturated heterocycles. The van der Waals surface area contributed by atoms with Crippen LogP contribution in [-0.4, -0.2) is 51.7 Å². The predicted molar refractivity (Wildman–Crippen MR) is 159 cm³/mol. The van der Waals surface area contributed by atoms with Crippen LogP contribution in [-0.2, 0) is 25.1 Å². The van der Waals surface area contributed by atoms with Crippen molar-refractivity contribution in [2.75, 3.05) is 19.0 Å². The summed E-state index contributed by atoms with van der Waals surface area (Å²) in [5.74, 6) is 0.00544. The van der Waals surface area contributed by atoms with Crippen LogP contribution in [0.2, 0.25) is 25.7 Å². The lowest BCUT2D eigenvalue weighted by Gasteiger charge is -2.15. The normalized spacial score (nSPS) is 12.3. The van der Waals surface area contributed by atoms with Crippen molar-refractivity contribution >= 4 is 53.9 Å². The Balaban J connectivity index is 1.62. The Kier molecular flexibility index (Phi) is 8.39. The van der Waals surface area contributed by atoms with Gasteiger partial charge in [-0.05, 0) is 17.7 Å². The van der Waals surface area contributed by atoms with E-state index >= 15 is 0 Å². The van der Waals surface area contributed by atoms with Crippen LogP contribution in [0.15, 0.2) is 64.5 Å². The fourth-order valence-corrected chi connectivity index (χ4v) is 5.11. The summed E-state index contributed by atoms with van der Waals surface area (Å²) in [6.45, 7) is 8.37. The average molecular weight is 551 g/mol. The first-order valence-corrected chi connectivity index (χ1v) is 16.6. The number of carbonyl (C=O) groups excluding carboxylic acids is 1. The maximum atomic E-state index is 13.3. The number of rotatable bonds is 11. The number of nitrogens with one attached hydrogen (secondary N) is 1. The Morgan fingerprint density at radius 2 is 1.87 bits per heavy atom. The molecule has 0 atom stereocenters. The Morgan fingerprint density at radius 3 is 2.55 bits per heavy atom. The van der Waals surface area contributed by atoms with Gasteiger partial charge in [0.15, 0.2) is 5.82 Å². The number of hydrogen-bond acceptors (Lipinski definition) is 6. The molecule has 2 aromatic heterocycles. The molecule has 1 N–H and O–H groups in total. The van der Waals surface area contributed by atoms with Crippen LogP contribution in [0.25, 0.3) is 10.9 Å². The van der Waals surface area contributed by atoms with Gasteiger partial charge >= 0.3 is 0 Å². The number of aromatic nitrogens is 4. The van der Waals surface area contributed by atoms with E-state index < -0.39 is 8.07 Å². The SMILES string of the molecule is CNc1c(/N=C(\S)C(=O)c2ccccc2)n(C)n(Cc2cccc3c2cnn3COCC[Si](C)(C)C)c1=O. The second-order valence-corrected chi connectivity index (χ2v) is 16.4. The minimum Gasteiger partial charge on any atom is -0.381 e. The lowest BCUT2D eigenvalue weighted by Crippen LogP contribution is -2.23. The molecule has 4 aromatic rings. The number of nitrogens with zero attached hydrogens (tertiary/aromatic N) is 5. The third kappa shape index (κ3) is 6.00. The molecule has 0 radical (unpaired) electrons. The summed E-state index contributed by atoms with van der Waals surface area (Å²) >= 11 is 4.35. The first-order chi connectivity index (χ1) is 18.1. The highest BCUT2D eigenvalue weighted by Crippen LogP contribution is 2.25. The third-order valence-corrected chi connectivity index (χ3v) is 8.36. The number of anilines is 1. The van der Waals surface area contributed by atoms with Crippen molar-refractivity contribution in [1.29, 1.82) is 0 Å². The number of fused-ring (bicyclic) bond motifs is 1. The van der Waals surface area contributed by atoms with Crippen LogP contribution < -0.4 is 10.9 Å². The molecule has 4 rings (SSSR count). The summed E-state index contributed by atoms with van der Waals surface area (Å²) in [5, 5.41) is 8.41. The summed E-state index contributed by atoms with van der Waals surface area (Å²) in [7, 11) is 2.23. The number of aliphatic imine (C=N–C) groups is 1. The summed E-state index contributed by atoms with van der Waals surface area (Å²) in [6, 6.07) is 15.8. The van der Waals surface area contributed by atoms with Gasteiger partial charge in [-0.15, -0.1) is 12.6 Å². The molecule has 2 aromatic carbocycles. The molecule has 0 aliphatic carbocycles. The van der Waals surface area contributed by atoms with Crippen LogP contribution in [0.1, 0.15) is 15.9 Å². The molecule has 0 aliphatic rings. The van der Waals surface area contributed by atoms with Crippen LogP contribution >= 0.6 is 12.6 Å². The standard InChI is InChI=1S/C27H34N6O3SSi/c1-28-23-25(30-26(37)24(34)19-10-7-6-8-11-19)31(2)33(27(23)35)17-20-12-9-13-22-21(20)16-29-32(22)18-36-14-15-38(3,4)5/h6-13,16,28H,14-15,17-18H2,1-5H3,(H,30,37).